The summed E-state index contributed by atoms with van der Waals surface area (Å²) in [4.78, 5) is 23.7. The van der Waals surface area contributed by atoms with Crippen molar-refractivity contribution in [2.75, 3.05) is 25.6 Å². The fraction of sp³-hybridized carbons (Fsp3) is 0.222. The molecule has 0 heterocycles. The third-order valence-electron chi connectivity index (χ3n) is 3.17. The Morgan fingerprint density at radius 3 is 2.44 bits per heavy atom. The molecule has 132 valence electrons. The van der Waals surface area contributed by atoms with Gasteiger partial charge >= 0.3 is 5.97 Å². The molecule has 0 unspecified atom stereocenters. The van der Waals surface area contributed by atoms with Crippen molar-refractivity contribution in [3.8, 4) is 11.5 Å². The van der Waals surface area contributed by atoms with E-state index < -0.39 is 24.3 Å². The number of hydrogen-bond donors (Lipinski definition) is 1. The van der Waals surface area contributed by atoms with Gasteiger partial charge in [0, 0.05) is 5.69 Å². The minimum Gasteiger partial charge on any atom is -0.494 e. The molecule has 1 N–H and O–H groups in total. The molecule has 2 rings (SSSR count). The van der Waals surface area contributed by atoms with E-state index in [9.17, 15) is 14.0 Å². The van der Waals surface area contributed by atoms with Crippen molar-refractivity contribution in [1.29, 1.82) is 0 Å². The highest BCUT2D eigenvalue weighted by atomic mass is 19.1. The van der Waals surface area contributed by atoms with Gasteiger partial charge in [0.2, 0.25) is 0 Å². The normalized spacial score (nSPS) is 10.0. The van der Waals surface area contributed by atoms with Gasteiger partial charge in [0.05, 0.1) is 19.3 Å². The van der Waals surface area contributed by atoms with E-state index in [1.807, 2.05) is 6.92 Å². The molecule has 0 fully saturated rings. The fourth-order valence-electron chi connectivity index (χ4n) is 2.01. The average Bonchev–Trinajstić information content (AvgIpc) is 2.61. The molecule has 0 aliphatic carbocycles. The van der Waals surface area contributed by atoms with Crippen molar-refractivity contribution in [2.24, 2.45) is 0 Å². The van der Waals surface area contributed by atoms with Crippen LogP contribution in [0.25, 0.3) is 0 Å². The number of hydrogen-bond acceptors (Lipinski definition) is 5. The van der Waals surface area contributed by atoms with Gasteiger partial charge in [-0.2, -0.15) is 0 Å². The molecule has 0 saturated heterocycles. The lowest BCUT2D eigenvalue weighted by molar-refractivity contribution is -0.119. The van der Waals surface area contributed by atoms with Crippen molar-refractivity contribution in [1.82, 2.24) is 0 Å². The maximum absolute atomic E-state index is 13.6. The van der Waals surface area contributed by atoms with Crippen LogP contribution in [-0.4, -0.2) is 32.2 Å². The third-order valence-corrected chi connectivity index (χ3v) is 3.17. The molecule has 25 heavy (non-hydrogen) atoms. The van der Waals surface area contributed by atoms with Gasteiger partial charge in [-0.15, -0.1) is 0 Å². The molecule has 0 aliphatic rings. The molecule has 0 bridgehead atoms. The molecule has 0 aromatic heterocycles. The van der Waals surface area contributed by atoms with Gasteiger partial charge in [0.15, 0.2) is 18.2 Å². The quantitative estimate of drug-likeness (QED) is 0.780. The van der Waals surface area contributed by atoms with Gasteiger partial charge in [-0.3, -0.25) is 4.79 Å². The molecule has 2 aromatic rings. The fourth-order valence-corrected chi connectivity index (χ4v) is 2.01. The predicted octanol–water partition coefficient (Wildman–Crippen LogP) is 3.03. The van der Waals surface area contributed by atoms with Crippen LogP contribution in [0.2, 0.25) is 0 Å². The first-order valence-corrected chi connectivity index (χ1v) is 7.57. The van der Waals surface area contributed by atoms with Crippen molar-refractivity contribution in [2.45, 2.75) is 6.92 Å². The molecular weight excluding hydrogens is 329 g/mol. The summed E-state index contributed by atoms with van der Waals surface area (Å²) in [7, 11) is 1.32. The Labute approximate surface area is 144 Å². The van der Waals surface area contributed by atoms with E-state index in [2.05, 4.69) is 5.32 Å². The lowest BCUT2D eigenvalue weighted by atomic mass is 10.2. The highest BCUT2D eigenvalue weighted by molar-refractivity contribution is 5.95. The number of amides is 1. The molecule has 0 spiro atoms. The summed E-state index contributed by atoms with van der Waals surface area (Å²) in [6, 6.07) is 10.4. The van der Waals surface area contributed by atoms with Crippen molar-refractivity contribution < 1.29 is 28.2 Å². The Hall–Kier alpha value is -3.09. The van der Waals surface area contributed by atoms with Crippen LogP contribution in [0.4, 0.5) is 10.1 Å². The zero-order valence-corrected chi connectivity index (χ0v) is 13.9. The SMILES string of the molecule is CCOc1ccc(NC(=O)COC(=O)c2ccc(OC)c(F)c2)cc1. The molecular formula is C18H18FNO5. The summed E-state index contributed by atoms with van der Waals surface area (Å²) in [6.45, 7) is 1.94. The van der Waals surface area contributed by atoms with Crippen LogP contribution in [0.3, 0.4) is 0 Å². The number of benzene rings is 2. The first kappa shape index (κ1) is 18.3. The van der Waals surface area contributed by atoms with E-state index in [0.29, 0.717) is 18.0 Å². The summed E-state index contributed by atoms with van der Waals surface area (Å²) in [5, 5.41) is 2.58. The number of anilines is 1. The Morgan fingerprint density at radius 1 is 1.12 bits per heavy atom. The van der Waals surface area contributed by atoms with Gasteiger partial charge in [-0.25, -0.2) is 9.18 Å². The molecule has 7 heteroatoms. The van der Waals surface area contributed by atoms with Gasteiger partial charge in [0.1, 0.15) is 5.75 Å². The van der Waals surface area contributed by atoms with Crippen molar-refractivity contribution >= 4 is 17.6 Å². The predicted molar refractivity (Wildman–Crippen MR) is 89.5 cm³/mol. The van der Waals surface area contributed by atoms with Gasteiger partial charge in [0.25, 0.3) is 5.91 Å². The van der Waals surface area contributed by atoms with Crippen LogP contribution in [0, 0.1) is 5.82 Å². The summed E-state index contributed by atoms with van der Waals surface area (Å²) >= 11 is 0. The van der Waals surface area contributed by atoms with Gasteiger partial charge in [-0.05, 0) is 49.4 Å². The molecule has 1 amide bonds. The van der Waals surface area contributed by atoms with Crippen LogP contribution < -0.4 is 14.8 Å². The smallest absolute Gasteiger partial charge is 0.338 e. The number of carbonyl (C=O) groups excluding carboxylic acids is 2. The van der Waals surface area contributed by atoms with Gasteiger partial charge in [-0.1, -0.05) is 0 Å². The Kier molecular flexibility index (Phi) is 6.33. The summed E-state index contributed by atoms with van der Waals surface area (Å²) in [5.74, 6) is -1.29. The first-order valence-electron chi connectivity index (χ1n) is 7.57. The van der Waals surface area contributed by atoms with Crippen LogP contribution in [0.15, 0.2) is 42.5 Å². The number of halogens is 1. The van der Waals surface area contributed by atoms with E-state index in [1.54, 1.807) is 24.3 Å². The average molecular weight is 347 g/mol. The van der Waals surface area contributed by atoms with E-state index in [1.165, 1.54) is 19.2 Å². The Balaban J connectivity index is 1.86. The van der Waals surface area contributed by atoms with E-state index >= 15 is 0 Å². The summed E-state index contributed by atoms with van der Waals surface area (Å²) < 4.78 is 28.5. The standard InChI is InChI=1S/C18H18FNO5/c1-3-24-14-7-5-13(6-8-14)20-17(21)11-25-18(22)12-4-9-16(23-2)15(19)10-12/h4-10H,3,11H2,1-2H3,(H,20,21). The van der Waals surface area contributed by atoms with E-state index in [4.69, 9.17) is 14.2 Å². The maximum Gasteiger partial charge on any atom is 0.338 e. The van der Waals surface area contributed by atoms with Gasteiger partial charge < -0.3 is 19.5 Å². The Bertz CT molecular complexity index is 746. The summed E-state index contributed by atoms with van der Waals surface area (Å²) in [6.07, 6.45) is 0. The summed E-state index contributed by atoms with van der Waals surface area (Å²) in [5.41, 5.74) is 0.534. The van der Waals surface area contributed by atoms with E-state index in [-0.39, 0.29) is 11.3 Å². The molecule has 0 atom stereocenters. The van der Waals surface area contributed by atoms with E-state index in [0.717, 1.165) is 6.07 Å². The minimum atomic E-state index is -0.802. The number of nitrogens with one attached hydrogen (secondary N) is 1. The number of carbonyl (C=O) groups is 2. The second-order valence-corrected chi connectivity index (χ2v) is 4.93. The number of esters is 1. The Morgan fingerprint density at radius 2 is 1.84 bits per heavy atom. The number of rotatable bonds is 7. The number of methoxy groups -OCH3 is 1. The second kappa shape index (κ2) is 8.68. The lowest BCUT2D eigenvalue weighted by Gasteiger charge is -2.08. The highest BCUT2D eigenvalue weighted by Crippen LogP contribution is 2.18. The van der Waals surface area contributed by atoms with Crippen LogP contribution in [0.5, 0.6) is 11.5 Å². The lowest BCUT2D eigenvalue weighted by Crippen LogP contribution is -2.21. The molecule has 0 aliphatic heterocycles. The van der Waals surface area contributed by atoms with Crippen molar-refractivity contribution in [3.05, 3.63) is 53.8 Å². The van der Waals surface area contributed by atoms with Crippen LogP contribution >= 0.6 is 0 Å². The zero-order valence-electron chi connectivity index (χ0n) is 13.9. The van der Waals surface area contributed by atoms with Crippen molar-refractivity contribution in [3.63, 3.8) is 0 Å². The topological polar surface area (TPSA) is 73.9 Å². The largest absolute Gasteiger partial charge is 0.494 e. The maximum atomic E-state index is 13.6. The molecule has 0 saturated carbocycles. The second-order valence-electron chi connectivity index (χ2n) is 4.93. The molecule has 0 radical (unpaired) electrons. The minimum absolute atomic E-state index is 0.00725. The highest BCUT2D eigenvalue weighted by Gasteiger charge is 2.13. The zero-order chi connectivity index (χ0) is 18.2. The first-order chi connectivity index (χ1) is 12.0. The number of ether oxygens (including phenoxy) is 3. The monoisotopic (exact) mass is 347 g/mol. The third kappa shape index (κ3) is 5.20. The molecule has 2 aromatic carbocycles. The molecule has 6 nitrogen and oxygen atoms in total. The van der Waals surface area contributed by atoms with Crippen LogP contribution in [-0.2, 0) is 9.53 Å². The van der Waals surface area contributed by atoms with Crippen LogP contribution in [0.1, 0.15) is 17.3 Å².